The summed E-state index contributed by atoms with van der Waals surface area (Å²) in [6, 6.07) is 9.15. The molecule has 1 N–H and O–H groups in total. The van der Waals surface area contributed by atoms with Crippen LogP contribution in [0, 0.1) is 0 Å². The molecule has 2 aromatic rings. The van der Waals surface area contributed by atoms with Crippen molar-refractivity contribution in [2.75, 3.05) is 25.5 Å². The number of carbonyl (C=O) groups is 1. The Balaban J connectivity index is 1.75. The molecule has 1 aliphatic heterocycles. The van der Waals surface area contributed by atoms with Crippen LogP contribution < -0.4 is 10.1 Å². The molecule has 0 radical (unpaired) electrons. The van der Waals surface area contributed by atoms with E-state index in [4.69, 9.17) is 4.74 Å². The van der Waals surface area contributed by atoms with E-state index in [1.54, 1.807) is 19.4 Å². The van der Waals surface area contributed by atoms with E-state index < -0.39 is 0 Å². The number of likely N-dealkylation sites (tertiary alicyclic amines) is 1. The predicted octanol–water partition coefficient (Wildman–Crippen LogP) is 2.85. The van der Waals surface area contributed by atoms with E-state index in [2.05, 4.69) is 15.3 Å². The molecule has 0 unspecified atom stereocenters. The van der Waals surface area contributed by atoms with E-state index >= 15 is 0 Å². The number of aromatic nitrogens is 2. The number of ether oxygens (including phenoxy) is 1. The van der Waals surface area contributed by atoms with Crippen molar-refractivity contribution in [3.63, 3.8) is 0 Å². The van der Waals surface area contributed by atoms with Crippen molar-refractivity contribution >= 4 is 17.5 Å². The van der Waals surface area contributed by atoms with Crippen molar-refractivity contribution in [2.24, 2.45) is 0 Å². The maximum absolute atomic E-state index is 12.5. The number of rotatable bonds is 4. The van der Waals surface area contributed by atoms with Gasteiger partial charge >= 0.3 is 0 Å². The summed E-state index contributed by atoms with van der Waals surface area (Å²) in [6.07, 6.45) is 4.92. The number of benzene rings is 1. The third-order valence-corrected chi connectivity index (χ3v) is 3.84. The van der Waals surface area contributed by atoms with Crippen molar-refractivity contribution in [3.05, 3.63) is 42.2 Å². The number of hydrogen-bond acceptors (Lipinski definition) is 5. The lowest BCUT2D eigenvalue weighted by molar-refractivity contribution is 0.0718. The molecule has 1 aromatic carbocycles. The van der Waals surface area contributed by atoms with Gasteiger partial charge in [-0.2, -0.15) is 0 Å². The average Bonchev–Trinajstić information content (AvgIpc) is 2.62. The van der Waals surface area contributed by atoms with Gasteiger partial charge in [0.1, 0.15) is 11.4 Å². The number of amides is 1. The standard InChI is InChI=1S/C17H20N4O2/c1-23-14-7-5-6-13(12-14)19-17-18-9-8-15(20-17)16(22)21-10-3-2-4-11-21/h5-9,12H,2-4,10-11H2,1H3,(H,18,19,20). The fraction of sp³-hybridized carbons (Fsp3) is 0.353. The molecule has 0 saturated carbocycles. The van der Waals surface area contributed by atoms with Crippen LogP contribution in [0.5, 0.6) is 5.75 Å². The van der Waals surface area contributed by atoms with Gasteiger partial charge < -0.3 is 15.0 Å². The first-order valence-corrected chi connectivity index (χ1v) is 7.79. The second-order valence-corrected chi connectivity index (χ2v) is 5.48. The van der Waals surface area contributed by atoms with Gasteiger partial charge in [0.2, 0.25) is 5.95 Å². The molecular weight excluding hydrogens is 292 g/mol. The lowest BCUT2D eigenvalue weighted by atomic mass is 10.1. The van der Waals surface area contributed by atoms with Gasteiger partial charge in [0.25, 0.3) is 5.91 Å². The van der Waals surface area contributed by atoms with Crippen LogP contribution in [-0.4, -0.2) is 41.0 Å². The minimum absolute atomic E-state index is 0.0270. The van der Waals surface area contributed by atoms with Crippen LogP contribution in [0.1, 0.15) is 29.8 Å². The number of carbonyl (C=O) groups excluding carboxylic acids is 1. The molecule has 1 aliphatic rings. The average molecular weight is 312 g/mol. The van der Waals surface area contributed by atoms with Crippen LogP contribution in [0.15, 0.2) is 36.5 Å². The van der Waals surface area contributed by atoms with Gasteiger partial charge in [0, 0.05) is 31.0 Å². The zero-order valence-corrected chi connectivity index (χ0v) is 13.2. The summed E-state index contributed by atoms with van der Waals surface area (Å²) < 4.78 is 5.19. The topological polar surface area (TPSA) is 67.3 Å². The fourth-order valence-electron chi connectivity index (χ4n) is 2.63. The van der Waals surface area contributed by atoms with Crippen molar-refractivity contribution in [2.45, 2.75) is 19.3 Å². The largest absolute Gasteiger partial charge is 0.497 e. The molecule has 23 heavy (non-hydrogen) atoms. The number of anilines is 2. The Bertz CT molecular complexity index is 684. The number of hydrogen-bond donors (Lipinski definition) is 1. The first-order valence-electron chi connectivity index (χ1n) is 7.79. The Hall–Kier alpha value is -2.63. The lowest BCUT2D eigenvalue weighted by Crippen LogP contribution is -2.36. The molecule has 0 atom stereocenters. The summed E-state index contributed by atoms with van der Waals surface area (Å²) in [5, 5.41) is 3.10. The molecule has 1 amide bonds. The Labute approximate surface area is 135 Å². The molecule has 120 valence electrons. The second kappa shape index (κ2) is 7.09. The Morgan fingerprint density at radius 1 is 1.22 bits per heavy atom. The summed E-state index contributed by atoms with van der Waals surface area (Å²) in [5.74, 6) is 1.12. The zero-order chi connectivity index (χ0) is 16.1. The van der Waals surface area contributed by atoms with Crippen molar-refractivity contribution < 1.29 is 9.53 Å². The third kappa shape index (κ3) is 3.77. The molecule has 0 bridgehead atoms. The molecule has 1 aromatic heterocycles. The molecule has 6 nitrogen and oxygen atoms in total. The smallest absolute Gasteiger partial charge is 0.272 e. The summed E-state index contributed by atoms with van der Waals surface area (Å²) in [7, 11) is 1.62. The number of nitrogens with zero attached hydrogens (tertiary/aromatic N) is 3. The zero-order valence-electron chi connectivity index (χ0n) is 13.2. The summed E-state index contributed by atoms with van der Waals surface area (Å²) >= 11 is 0. The van der Waals surface area contributed by atoms with Crippen molar-refractivity contribution in [1.82, 2.24) is 14.9 Å². The van der Waals surface area contributed by atoms with Crippen LogP contribution in [-0.2, 0) is 0 Å². The predicted molar refractivity (Wildman–Crippen MR) is 88.1 cm³/mol. The van der Waals surface area contributed by atoms with Crippen LogP contribution in [0.2, 0.25) is 0 Å². The normalized spacial score (nSPS) is 14.4. The summed E-state index contributed by atoms with van der Waals surface area (Å²) in [5.41, 5.74) is 1.24. The van der Waals surface area contributed by atoms with Crippen LogP contribution in [0.4, 0.5) is 11.6 Å². The van der Waals surface area contributed by atoms with Gasteiger partial charge in [-0.25, -0.2) is 9.97 Å². The SMILES string of the molecule is COc1cccc(Nc2nccc(C(=O)N3CCCCC3)n2)c1. The van der Waals surface area contributed by atoms with Gasteiger partial charge in [-0.15, -0.1) is 0 Å². The van der Waals surface area contributed by atoms with E-state index in [1.165, 1.54) is 6.42 Å². The number of methoxy groups -OCH3 is 1. The summed E-state index contributed by atoms with van der Waals surface area (Å²) in [6.45, 7) is 1.61. The highest BCUT2D eigenvalue weighted by Crippen LogP contribution is 2.19. The lowest BCUT2D eigenvalue weighted by Gasteiger charge is -2.26. The van der Waals surface area contributed by atoms with Crippen LogP contribution in [0.3, 0.4) is 0 Å². The minimum Gasteiger partial charge on any atom is -0.497 e. The van der Waals surface area contributed by atoms with E-state index in [-0.39, 0.29) is 5.91 Å². The molecule has 3 rings (SSSR count). The van der Waals surface area contributed by atoms with Gasteiger partial charge in [-0.3, -0.25) is 4.79 Å². The minimum atomic E-state index is -0.0270. The third-order valence-electron chi connectivity index (χ3n) is 3.84. The first kappa shape index (κ1) is 15.3. The molecule has 0 aliphatic carbocycles. The van der Waals surface area contributed by atoms with E-state index in [0.29, 0.717) is 11.6 Å². The molecule has 1 saturated heterocycles. The highest BCUT2D eigenvalue weighted by Gasteiger charge is 2.19. The van der Waals surface area contributed by atoms with Crippen LogP contribution >= 0.6 is 0 Å². The monoisotopic (exact) mass is 312 g/mol. The highest BCUT2D eigenvalue weighted by atomic mass is 16.5. The number of piperidine rings is 1. The summed E-state index contributed by atoms with van der Waals surface area (Å²) in [4.78, 5) is 22.9. The highest BCUT2D eigenvalue weighted by molar-refractivity contribution is 5.92. The van der Waals surface area contributed by atoms with Gasteiger partial charge in [0.15, 0.2) is 0 Å². The Morgan fingerprint density at radius 3 is 2.83 bits per heavy atom. The molecule has 6 heteroatoms. The molecule has 2 heterocycles. The molecular formula is C17H20N4O2. The van der Waals surface area contributed by atoms with Crippen molar-refractivity contribution in [1.29, 1.82) is 0 Å². The first-order chi connectivity index (χ1) is 11.3. The number of nitrogens with one attached hydrogen (secondary N) is 1. The Kier molecular flexibility index (Phi) is 4.71. The van der Waals surface area contributed by atoms with Gasteiger partial charge in [-0.1, -0.05) is 6.07 Å². The maximum atomic E-state index is 12.5. The fourth-order valence-corrected chi connectivity index (χ4v) is 2.63. The van der Waals surface area contributed by atoms with E-state index in [9.17, 15) is 4.79 Å². The van der Waals surface area contributed by atoms with Crippen molar-refractivity contribution in [3.8, 4) is 5.75 Å². The molecule has 1 fully saturated rings. The quantitative estimate of drug-likeness (QED) is 0.940. The van der Waals surface area contributed by atoms with E-state index in [0.717, 1.165) is 37.4 Å². The Morgan fingerprint density at radius 2 is 2.04 bits per heavy atom. The van der Waals surface area contributed by atoms with E-state index in [1.807, 2.05) is 29.2 Å². The van der Waals surface area contributed by atoms with Crippen LogP contribution in [0.25, 0.3) is 0 Å². The molecule has 0 spiro atoms. The second-order valence-electron chi connectivity index (χ2n) is 5.48. The van der Waals surface area contributed by atoms with Gasteiger partial charge in [0.05, 0.1) is 7.11 Å². The van der Waals surface area contributed by atoms with Gasteiger partial charge in [-0.05, 0) is 37.5 Å². The maximum Gasteiger partial charge on any atom is 0.272 e.